The second-order valence-electron chi connectivity index (χ2n) is 6.25. The highest BCUT2D eigenvalue weighted by Crippen LogP contribution is 2.31. The molecule has 1 aliphatic rings. The molecule has 1 aromatic carbocycles. The van der Waals surface area contributed by atoms with Crippen molar-refractivity contribution < 1.29 is 9.47 Å². The molecule has 2 heteroatoms. The van der Waals surface area contributed by atoms with Crippen LogP contribution in [0.2, 0.25) is 0 Å². The van der Waals surface area contributed by atoms with E-state index in [1.165, 1.54) is 44.1 Å². The van der Waals surface area contributed by atoms with Crippen LogP contribution in [0.15, 0.2) is 24.3 Å². The van der Waals surface area contributed by atoms with Crippen LogP contribution in [0.5, 0.6) is 0 Å². The molecule has 3 unspecified atom stereocenters. The van der Waals surface area contributed by atoms with Crippen molar-refractivity contribution in [2.45, 2.75) is 71.7 Å². The third-order valence-corrected chi connectivity index (χ3v) is 4.44. The first-order chi connectivity index (χ1) is 10.2. The molecule has 3 atom stereocenters. The number of aryl methyl sites for hydroxylation is 1. The second-order valence-corrected chi connectivity index (χ2v) is 6.25. The summed E-state index contributed by atoms with van der Waals surface area (Å²) in [6.07, 6.45) is 7.53. The van der Waals surface area contributed by atoms with Crippen LogP contribution in [0.1, 0.15) is 70.3 Å². The summed E-state index contributed by atoms with van der Waals surface area (Å²) in [6, 6.07) is 8.78. The predicted molar refractivity (Wildman–Crippen MR) is 87.3 cm³/mol. The van der Waals surface area contributed by atoms with E-state index in [9.17, 15) is 0 Å². The van der Waals surface area contributed by atoms with Crippen molar-refractivity contribution in [3.63, 3.8) is 0 Å². The Morgan fingerprint density at radius 1 is 1.05 bits per heavy atom. The maximum atomic E-state index is 6.05. The Balaban J connectivity index is 1.88. The third-order valence-electron chi connectivity index (χ3n) is 4.44. The minimum absolute atomic E-state index is 0.183. The summed E-state index contributed by atoms with van der Waals surface area (Å²) in [5, 5.41) is 0. The van der Waals surface area contributed by atoms with Crippen molar-refractivity contribution in [3.8, 4) is 0 Å². The molecule has 2 nitrogen and oxygen atoms in total. The van der Waals surface area contributed by atoms with E-state index < -0.39 is 0 Å². The number of hydrogen-bond acceptors (Lipinski definition) is 2. The molecule has 0 radical (unpaired) electrons. The Bertz CT molecular complexity index is 399. The molecular formula is C19H30O2. The Morgan fingerprint density at radius 3 is 2.43 bits per heavy atom. The van der Waals surface area contributed by atoms with Crippen molar-refractivity contribution in [1.29, 1.82) is 0 Å². The lowest BCUT2D eigenvalue weighted by atomic mass is 9.97. The molecule has 0 amide bonds. The fraction of sp³-hybridized carbons (Fsp3) is 0.684. The zero-order valence-electron chi connectivity index (χ0n) is 13.8. The zero-order chi connectivity index (χ0) is 15.1. The first kappa shape index (κ1) is 16.5. The molecular weight excluding hydrogens is 260 g/mol. The minimum atomic E-state index is -0.183. The van der Waals surface area contributed by atoms with Gasteiger partial charge in [0.25, 0.3) is 0 Å². The first-order valence-electron chi connectivity index (χ1n) is 8.60. The Kier molecular flexibility index (Phi) is 6.72. The molecule has 1 aliphatic heterocycles. The SMILES string of the molecule is CCCCCc1ccc(C2OCC(CCC)C(C)O2)cc1. The van der Waals surface area contributed by atoms with E-state index in [4.69, 9.17) is 9.47 Å². The Morgan fingerprint density at radius 2 is 1.81 bits per heavy atom. The minimum Gasteiger partial charge on any atom is -0.348 e. The molecule has 118 valence electrons. The number of hydrogen-bond donors (Lipinski definition) is 0. The van der Waals surface area contributed by atoms with E-state index in [1.807, 2.05) is 0 Å². The van der Waals surface area contributed by atoms with Crippen LogP contribution in [-0.2, 0) is 15.9 Å². The maximum absolute atomic E-state index is 6.05. The van der Waals surface area contributed by atoms with Crippen LogP contribution >= 0.6 is 0 Å². The predicted octanol–water partition coefficient (Wildman–Crippen LogP) is 5.27. The molecule has 1 saturated heterocycles. The molecule has 0 N–H and O–H groups in total. The van der Waals surface area contributed by atoms with Crippen LogP contribution in [0.25, 0.3) is 0 Å². The van der Waals surface area contributed by atoms with Crippen molar-refractivity contribution in [1.82, 2.24) is 0 Å². The highest BCUT2D eigenvalue weighted by atomic mass is 16.7. The van der Waals surface area contributed by atoms with E-state index in [1.54, 1.807) is 0 Å². The standard InChI is InChI=1S/C19H30O2/c1-4-6-7-9-16-10-12-17(13-11-16)19-20-14-18(8-5-2)15(3)21-19/h10-13,15,18-19H,4-9,14H2,1-3H3. The van der Waals surface area contributed by atoms with Crippen LogP contribution in [0.3, 0.4) is 0 Å². The molecule has 2 rings (SSSR count). The van der Waals surface area contributed by atoms with Crippen molar-refractivity contribution in [2.75, 3.05) is 6.61 Å². The third kappa shape index (κ3) is 4.82. The summed E-state index contributed by atoms with van der Waals surface area (Å²) < 4.78 is 12.0. The van der Waals surface area contributed by atoms with Gasteiger partial charge in [0.1, 0.15) is 0 Å². The van der Waals surface area contributed by atoms with Gasteiger partial charge >= 0.3 is 0 Å². The molecule has 0 bridgehead atoms. The van der Waals surface area contributed by atoms with Gasteiger partial charge < -0.3 is 9.47 Å². The summed E-state index contributed by atoms with van der Waals surface area (Å²) >= 11 is 0. The van der Waals surface area contributed by atoms with Crippen molar-refractivity contribution in [2.24, 2.45) is 5.92 Å². The topological polar surface area (TPSA) is 18.5 Å². The Hall–Kier alpha value is -0.860. The van der Waals surface area contributed by atoms with Gasteiger partial charge in [-0.1, -0.05) is 57.4 Å². The van der Waals surface area contributed by atoms with Gasteiger partial charge in [0.2, 0.25) is 0 Å². The van der Waals surface area contributed by atoms with Gasteiger partial charge in [-0.25, -0.2) is 0 Å². The fourth-order valence-electron chi connectivity index (χ4n) is 2.98. The molecule has 0 spiro atoms. The lowest BCUT2D eigenvalue weighted by Gasteiger charge is -2.35. The average Bonchev–Trinajstić information content (AvgIpc) is 2.50. The smallest absolute Gasteiger partial charge is 0.184 e. The summed E-state index contributed by atoms with van der Waals surface area (Å²) in [7, 11) is 0. The quantitative estimate of drug-likeness (QED) is 0.637. The zero-order valence-corrected chi connectivity index (χ0v) is 13.8. The van der Waals surface area contributed by atoms with Gasteiger partial charge in [0.05, 0.1) is 12.7 Å². The number of ether oxygens (including phenoxy) is 2. The average molecular weight is 290 g/mol. The van der Waals surface area contributed by atoms with Crippen LogP contribution < -0.4 is 0 Å². The van der Waals surface area contributed by atoms with E-state index >= 15 is 0 Å². The lowest BCUT2D eigenvalue weighted by Crippen LogP contribution is -2.34. The van der Waals surface area contributed by atoms with Gasteiger partial charge in [-0.3, -0.25) is 0 Å². The normalized spacial score (nSPS) is 26.0. The molecule has 1 heterocycles. The molecule has 21 heavy (non-hydrogen) atoms. The molecule has 0 saturated carbocycles. The maximum Gasteiger partial charge on any atom is 0.184 e. The van der Waals surface area contributed by atoms with Gasteiger partial charge in [-0.05, 0) is 31.7 Å². The molecule has 0 aliphatic carbocycles. The van der Waals surface area contributed by atoms with Crippen LogP contribution in [-0.4, -0.2) is 12.7 Å². The van der Waals surface area contributed by atoms with Crippen molar-refractivity contribution >= 4 is 0 Å². The summed E-state index contributed by atoms with van der Waals surface area (Å²) in [6.45, 7) is 7.46. The summed E-state index contributed by atoms with van der Waals surface area (Å²) in [4.78, 5) is 0. The molecule has 0 aromatic heterocycles. The molecule has 1 fully saturated rings. The lowest BCUT2D eigenvalue weighted by molar-refractivity contribution is -0.237. The molecule has 1 aromatic rings. The fourth-order valence-corrected chi connectivity index (χ4v) is 2.98. The first-order valence-corrected chi connectivity index (χ1v) is 8.60. The van der Waals surface area contributed by atoms with E-state index in [0.29, 0.717) is 5.92 Å². The van der Waals surface area contributed by atoms with Gasteiger partial charge in [-0.15, -0.1) is 0 Å². The largest absolute Gasteiger partial charge is 0.348 e. The van der Waals surface area contributed by atoms with Crippen LogP contribution in [0.4, 0.5) is 0 Å². The highest BCUT2D eigenvalue weighted by Gasteiger charge is 2.28. The van der Waals surface area contributed by atoms with E-state index in [2.05, 4.69) is 45.0 Å². The second kappa shape index (κ2) is 8.55. The number of benzene rings is 1. The number of unbranched alkanes of at least 4 members (excludes halogenated alkanes) is 2. The van der Waals surface area contributed by atoms with Crippen LogP contribution in [0, 0.1) is 5.92 Å². The van der Waals surface area contributed by atoms with E-state index in [0.717, 1.165) is 12.2 Å². The summed E-state index contributed by atoms with van der Waals surface area (Å²) in [5.74, 6) is 0.541. The van der Waals surface area contributed by atoms with Gasteiger partial charge in [0.15, 0.2) is 6.29 Å². The number of rotatable bonds is 7. The van der Waals surface area contributed by atoms with Gasteiger partial charge in [0, 0.05) is 11.5 Å². The van der Waals surface area contributed by atoms with E-state index in [-0.39, 0.29) is 12.4 Å². The monoisotopic (exact) mass is 290 g/mol. The Labute approximate surface area is 129 Å². The van der Waals surface area contributed by atoms with Gasteiger partial charge in [-0.2, -0.15) is 0 Å². The summed E-state index contributed by atoms with van der Waals surface area (Å²) in [5.41, 5.74) is 2.57. The highest BCUT2D eigenvalue weighted by molar-refractivity contribution is 5.23. The van der Waals surface area contributed by atoms with Crippen molar-refractivity contribution in [3.05, 3.63) is 35.4 Å².